The number of hydrogen-bond donors (Lipinski definition) is 1. The van der Waals surface area contributed by atoms with E-state index in [9.17, 15) is 0 Å². The molecule has 2 aromatic heterocycles. The van der Waals surface area contributed by atoms with Gasteiger partial charge in [-0.1, -0.05) is 5.16 Å². The van der Waals surface area contributed by atoms with Gasteiger partial charge in [-0.2, -0.15) is 15.0 Å². The molecule has 0 aliphatic heterocycles. The summed E-state index contributed by atoms with van der Waals surface area (Å²) in [6.45, 7) is -0.226. The molecule has 2 rings (SSSR count). The van der Waals surface area contributed by atoms with Gasteiger partial charge in [-0.15, -0.1) is 0 Å². The fraction of sp³-hybridized carbons (Fsp3) is 0.400. The second kappa shape index (κ2) is 4.96. The summed E-state index contributed by atoms with van der Waals surface area (Å²) < 4.78 is 9.89. The van der Waals surface area contributed by atoms with Gasteiger partial charge in [0.05, 0.1) is 7.11 Å². The van der Waals surface area contributed by atoms with Gasteiger partial charge in [0.25, 0.3) is 0 Å². The van der Waals surface area contributed by atoms with E-state index in [1.165, 1.54) is 7.11 Å². The lowest BCUT2D eigenvalue weighted by molar-refractivity contribution is 0.229. The van der Waals surface area contributed by atoms with Gasteiger partial charge >= 0.3 is 6.01 Å². The van der Waals surface area contributed by atoms with Gasteiger partial charge in [0, 0.05) is 20.2 Å². The van der Waals surface area contributed by atoms with Crippen LogP contribution in [-0.4, -0.2) is 46.4 Å². The summed E-state index contributed by atoms with van der Waals surface area (Å²) in [6, 6.07) is 1.76. The maximum atomic E-state index is 8.92. The maximum absolute atomic E-state index is 8.92. The first kappa shape index (κ1) is 12.2. The van der Waals surface area contributed by atoms with Crippen LogP contribution in [0.3, 0.4) is 0 Å². The number of ether oxygens (including phenoxy) is 1. The van der Waals surface area contributed by atoms with Crippen molar-refractivity contribution in [3.05, 3.63) is 11.8 Å². The number of aliphatic hydroxyl groups is 1. The Bertz CT molecular complexity index is 540. The van der Waals surface area contributed by atoms with Crippen molar-refractivity contribution in [1.29, 1.82) is 0 Å². The summed E-state index contributed by atoms with van der Waals surface area (Å²) >= 11 is 0. The Labute approximate surface area is 103 Å². The summed E-state index contributed by atoms with van der Waals surface area (Å²) in [5, 5.41) is 12.7. The molecule has 2 heterocycles. The van der Waals surface area contributed by atoms with Crippen molar-refractivity contribution < 1.29 is 14.4 Å². The Hall–Kier alpha value is -2.22. The summed E-state index contributed by atoms with van der Waals surface area (Å²) in [7, 11) is 5.08. The number of anilines is 1. The standard InChI is InChI=1S/C10H13N5O3/c1-15(2)9-11-8(12-10(13-9)17-3)7-4-6(5-16)18-14-7/h4,16H,5H2,1-3H3. The lowest BCUT2D eigenvalue weighted by Gasteiger charge is -2.10. The molecule has 8 nitrogen and oxygen atoms in total. The summed E-state index contributed by atoms with van der Waals surface area (Å²) in [6.07, 6.45) is 0. The average Bonchev–Trinajstić information content (AvgIpc) is 2.86. The van der Waals surface area contributed by atoms with Gasteiger partial charge in [-0.3, -0.25) is 0 Å². The zero-order valence-corrected chi connectivity index (χ0v) is 10.3. The molecule has 0 radical (unpaired) electrons. The van der Waals surface area contributed by atoms with Crippen molar-refractivity contribution in [3.8, 4) is 17.5 Å². The van der Waals surface area contributed by atoms with Crippen LogP contribution in [0.15, 0.2) is 10.6 Å². The number of aromatic nitrogens is 4. The van der Waals surface area contributed by atoms with Crippen LogP contribution in [0.2, 0.25) is 0 Å². The Kier molecular flexibility index (Phi) is 3.38. The van der Waals surface area contributed by atoms with E-state index in [0.717, 1.165) is 0 Å². The summed E-state index contributed by atoms with van der Waals surface area (Å²) in [4.78, 5) is 14.1. The zero-order chi connectivity index (χ0) is 13.1. The fourth-order valence-corrected chi connectivity index (χ4v) is 1.24. The van der Waals surface area contributed by atoms with E-state index in [4.69, 9.17) is 14.4 Å². The van der Waals surface area contributed by atoms with Gasteiger partial charge in [0.15, 0.2) is 17.3 Å². The quantitative estimate of drug-likeness (QED) is 0.816. The van der Waals surface area contributed by atoms with E-state index in [1.807, 2.05) is 0 Å². The van der Waals surface area contributed by atoms with Crippen LogP contribution >= 0.6 is 0 Å². The first-order valence-corrected chi connectivity index (χ1v) is 5.18. The SMILES string of the molecule is COc1nc(-c2cc(CO)on2)nc(N(C)C)n1. The topological polar surface area (TPSA) is 97.4 Å². The van der Waals surface area contributed by atoms with Crippen LogP contribution in [0.5, 0.6) is 6.01 Å². The number of nitrogens with zero attached hydrogens (tertiary/aromatic N) is 5. The third-order valence-electron chi connectivity index (χ3n) is 2.13. The van der Waals surface area contributed by atoms with Crippen LogP contribution in [0.4, 0.5) is 5.95 Å². The van der Waals surface area contributed by atoms with Crippen LogP contribution in [0.25, 0.3) is 11.5 Å². The van der Waals surface area contributed by atoms with Crippen molar-refractivity contribution in [2.75, 3.05) is 26.1 Å². The van der Waals surface area contributed by atoms with Crippen LogP contribution in [0.1, 0.15) is 5.76 Å². The molecule has 0 saturated carbocycles. The molecule has 0 bridgehead atoms. The molecule has 1 N–H and O–H groups in total. The molecule has 18 heavy (non-hydrogen) atoms. The van der Waals surface area contributed by atoms with Gasteiger partial charge in [-0.05, 0) is 0 Å². The van der Waals surface area contributed by atoms with Gasteiger partial charge in [0.2, 0.25) is 5.95 Å². The van der Waals surface area contributed by atoms with E-state index >= 15 is 0 Å². The van der Waals surface area contributed by atoms with Crippen molar-refractivity contribution in [3.63, 3.8) is 0 Å². The minimum atomic E-state index is -0.226. The van der Waals surface area contributed by atoms with Crippen molar-refractivity contribution >= 4 is 5.95 Å². The number of methoxy groups -OCH3 is 1. The molecular weight excluding hydrogens is 238 g/mol. The maximum Gasteiger partial charge on any atom is 0.321 e. The highest BCUT2D eigenvalue weighted by Crippen LogP contribution is 2.19. The van der Waals surface area contributed by atoms with E-state index in [2.05, 4.69) is 20.1 Å². The molecule has 0 aliphatic rings. The van der Waals surface area contributed by atoms with Crippen LogP contribution in [0, 0.1) is 0 Å². The molecule has 0 aliphatic carbocycles. The third-order valence-corrected chi connectivity index (χ3v) is 2.13. The Morgan fingerprint density at radius 3 is 2.67 bits per heavy atom. The monoisotopic (exact) mass is 251 g/mol. The Balaban J connectivity index is 2.45. The molecule has 2 aromatic rings. The van der Waals surface area contributed by atoms with E-state index < -0.39 is 0 Å². The van der Waals surface area contributed by atoms with Crippen molar-refractivity contribution in [1.82, 2.24) is 20.1 Å². The molecule has 0 atom stereocenters. The number of aliphatic hydroxyl groups excluding tert-OH is 1. The normalized spacial score (nSPS) is 10.4. The predicted molar refractivity (Wildman–Crippen MR) is 62.1 cm³/mol. The van der Waals surface area contributed by atoms with E-state index in [1.54, 1.807) is 25.1 Å². The zero-order valence-electron chi connectivity index (χ0n) is 10.3. The molecule has 96 valence electrons. The molecule has 0 saturated heterocycles. The molecule has 0 unspecified atom stereocenters. The van der Waals surface area contributed by atoms with Gasteiger partial charge < -0.3 is 19.3 Å². The smallest absolute Gasteiger partial charge is 0.321 e. The second-order valence-electron chi connectivity index (χ2n) is 3.68. The first-order valence-electron chi connectivity index (χ1n) is 5.18. The van der Waals surface area contributed by atoms with E-state index in [-0.39, 0.29) is 12.6 Å². The Morgan fingerprint density at radius 1 is 1.33 bits per heavy atom. The highest BCUT2D eigenvalue weighted by Gasteiger charge is 2.14. The lowest BCUT2D eigenvalue weighted by Crippen LogP contribution is -2.14. The lowest BCUT2D eigenvalue weighted by atomic mass is 10.3. The third kappa shape index (κ3) is 2.38. The highest BCUT2D eigenvalue weighted by molar-refractivity contribution is 5.51. The summed E-state index contributed by atoms with van der Waals surface area (Å²) in [5.74, 6) is 1.12. The largest absolute Gasteiger partial charge is 0.467 e. The number of hydrogen-bond acceptors (Lipinski definition) is 8. The van der Waals surface area contributed by atoms with Gasteiger partial charge in [-0.25, -0.2) is 0 Å². The number of rotatable bonds is 4. The minimum absolute atomic E-state index is 0.192. The highest BCUT2D eigenvalue weighted by atomic mass is 16.5. The second-order valence-corrected chi connectivity index (χ2v) is 3.68. The summed E-state index contributed by atoms with van der Waals surface area (Å²) in [5.41, 5.74) is 0.419. The fourth-order valence-electron chi connectivity index (χ4n) is 1.24. The molecule has 0 fully saturated rings. The van der Waals surface area contributed by atoms with Gasteiger partial charge in [0.1, 0.15) is 6.61 Å². The first-order chi connectivity index (χ1) is 8.63. The van der Waals surface area contributed by atoms with E-state index in [0.29, 0.717) is 23.2 Å². The molecule has 0 aromatic carbocycles. The van der Waals surface area contributed by atoms with Crippen LogP contribution in [-0.2, 0) is 6.61 Å². The minimum Gasteiger partial charge on any atom is -0.467 e. The Morgan fingerprint density at radius 2 is 2.11 bits per heavy atom. The molecule has 0 amide bonds. The van der Waals surface area contributed by atoms with Crippen molar-refractivity contribution in [2.24, 2.45) is 0 Å². The molecular formula is C10H13N5O3. The average molecular weight is 251 g/mol. The molecule has 0 spiro atoms. The predicted octanol–water partition coefficient (Wildman–Crippen LogP) is 0.0935. The molecule has 8 heteroatoms. The van der Waals surface area contributed by atoms with Crippen molar-refractivity contribution in [2.45, 2.75) is 6.61 Å². The van der Waals surface area contributed by atoms with Crippen LogP contribution < -0.4 is 9.64 Å².